The van der Waals surface area contributed by atoms with Crippen LogP contribution in [0.2, 0.25) is 0 Å². The summed E-state index contributed by atoms with van der Waals surface area (Å²) in [7, 11) is 0. The third kappa shape index (κ3) is 6.33. The molecule has 1 aromatic carbocycles. The maximum atomic E-state index is 5.45. The largest absolute Gasteiger partial charge is 0.379 e. The predicted molar refractivity (Wildman–Crippen MR) is 103 cm³/mol. The van der Waals surface area contributed by atoms with Gasteiger partial charge in [0.05, 0.1) is 19.8 Å². The lowest BCUT2D eigenvalue weighted by Gasteiger charge is -2.27. The molecule has 1 aliphatic heterocycles. The topological polar surface area (TPSA) is 48.9 Å². The summed E-state index contributed by atoms with van der Waals surface area (Å²) in [6.45, 7) is 9.46. The van der Waals surface area contributed by atoms with Gasteiger partial charge in [-0.05, 0) is 30.4 Å². The molecule has 0 unspecified atom stereocenters. The number of hydrogen-bond acceptors (Lipinski definition) is 3. The van der Waals surface area contributed by atoms with E-state index in [0.29, 0.717) is 0 Å². The normalized spacial score (nSPS) is 19.0. The molecule has 138 valence electrons. The summed E-state index contributed by atoms with van der Waals surface area (Å²) in [6, 6.07) is 8.67. The van der Waals surface area contributed by atoms with Crippen molar-refractivity contribution in [3.63, 3.8) is 0 Å². The van der Waals surface area contributed by atoms with Gasteiger partial charge in [0.2, 0.25) is 0 Å². The Morgan fingerprint density at radius 1 is 1.16 bits per heavy atom. The molecule has 1 heterocycles. The molecule has 5 nitrogen and oxygen atoms in total. The van der Waals surface area contributed by atoms with E-state index in [9.17, 15) is 0 Å². The molecule has 1 saturated heterocycles. The molecule has 0 amide bonds. The molecule has 2 fully saturated rings. The van der Waals surface area contributed by atoms with Crippen LogP contribution in [-0.4, -0.2) is 50.3 Å². The van der Waals surface area contributed by atoms with Crippen LogP contribution in [0.5, 0.6) is 0 Å². The number of aliphatic imine (C=N–C) groups is 1. The molecule has 3 rings (SSSR count). The van der Waals surface area contributed by atoms with E-state index in [0.717, 1.165) is 64.4 Å². The summed E-state index contributed by atoms with van der Waals surface area (Å²) < 4.78 is 5.45. The van der Waals surface area contributed by atoms with Gasteiger partial charge in [-0.3, -0.25) is 4.90 Å². The highest BCUT2D eigenvalue weighted by molar-refractivity contribution is 5.79. The van der Waals surface area contributed by atoms with E-state index < -0.39 is 0 Å². The summed E-state index contributed by atoms with van der Waals surface area (Å²) in [5.41, 5.74) is 2.69. The molecule has 1 aromatic rings. The zero-order valence-corrected chi connectivity index (χ0v) is 15.5. The standard InChI is InChI=1S/C20H32N4O/c1-2-21-20(22-10-9-17-7-8-17)23-15-18-5-3-4-6-19(18)16-24-11-13-25-14-12-24/h3-6,17H,2,7-16H2,1H3,(H2,21,22,23). The highest BCUT2D eigenvalue weighted by atomic mass is 16.5. The second kappa shape index (κ2) is 9.78. The van der Waals surface area contributed by atoms with Gasteiger partial charge in [-0.25, -0.2) is 4.99 Å². The Balaban J connectivity index is 1.56. The van der Waals surface area contributed by atoms with Crippen molar-refractivity contribution >= 4 is 5.96 Å². The molecule has 25 heavy (non-hydrogen) atoms. The van der Waals surface area contributed by atoms with E-state index >= 15 is 0 Å². The van der Waals surface area contributed by atoms with Gasteiger partial charge in [0.15, 0.2) is 5.96 Å². The number of benzene rings is 1. The first-order chi connectivity index (χ1) is 12.3. The third-order valence-corrected chi connectivity index (χ3v) is 4.91. The Morgan fingerprint density at radius 2 is 1.92 bits per heavy atom. The minimum atomic E-state index is 0.722. The smallest absolute Gasteiger partial charge is 0.191 e. The fourth-order valence-electron chi connectivity index (χ4n) is 3.17. The second-order valence-corrected chi connectivity index (χ2v) is 7.01. The molecule has 0 atom stereocenters. The van der Waals surface area contributed by atoms with E-state index in [1.54, 1.807) is 0 Å². The SMILES string of the molecule is CCNC(=NCc1ccccc1CN1CCOCC1)NCCC1CC1. The van der Waals surface area contributed by atoms with Gasteiger partial charge >= 0.3 is 0 Å². The Labute approximate surface area is 151 Å². The summed E-state index contributed by atoms with van der Waals surface area (Å²) in [6.07, 6.45) is 4.08. The molecular weight excluding hydrogens is 312 g/mol. The molecule has 5 heteroatoms. The molecule has 0 radical (unpaired) electrons. The van der Waals surface area contributed by atoms with E-state index in [4.69, 9.17) is 9.73 Å². The first-order valence-corrected chi connectivity index (χ1v) is 9.74. The van der Waals surface area contributed by atoms with Crippen molar-refractivity contribution in [3.05, 3.63) is 35.4 Å². The first-order valence-electron chi connectivity index (χ1n) is 9.74. The van der Waals surface area contributed by atoms with Gasteiger partial charge in [-0.2, -0.15) is 0 Å². The van der Waals surface area contributed by atoms with E-state index in [1.807, 2.05) is 0 Å². The van der Waals surface area contributed by atoms with Crippen LogP contribution in [0, 0.1) is 5.92 Å². The molecule has 0 bridgehead atoms. The average Bonchev–Trinajstić information content (AvgIpc) is 3.46. The zero-order valence-electron chi connectivity index (χ0n) is 15.5. The van der Waals surface area contributed by atoms with Crippen LogP contribution in [0.1, 0.15) is 37.3 Å². The molecule has 2 aliphatic rings. The minimum Gasteiger partial charge on any atom is -0.379 e. The zero-order chi connectivity index (χ0) is 17.3. The van der Waals surface area contributed by atoms with Crippen molar-refractivity contribution in [3.8, 4) is 0 Å². The maximum Gasteiger partial charge on any atom is 0.191 e. The lowest BCUT2D eigenvalue weighted by atomic mass is 10.1. The van der Waals surface area contributed by atoms with Gasteiger partial charge in [-0.1, -0.05) is 37.1 Å². The van der Waals surface area contributed by atoms with Crippen LogP contribution in [0.25, 0.3) is 0 Å². The van der Waals surface area contributed by atoms with E-state index in [2.05, 4.69) is 46.7 Å². The summed E-state index contributed by atoms with van der Waals surface area (Å²) in [4.78, 5) is 7.27. The quantitative estimate of drug-likeness (QED) is 0.561. The lowest BCUT2D eigenvalue weighted by Crippen LogP contribution is -2.38. The highest BCUT2D eigenvalue weighted by Crippen LogP contribution is 2.31. The molecule has 0 spiro atoms. The fraction of sp³-hybridized carbons (Fsp3) is 0.650. The Bertz CT molecular complexity index is 550. The number of hydrogen-bond donors (Lipinski definition) is 2. The monoisotopic (exact) mass is 344 g/mol. The first kappa shape index (κ1) is 18.2. The van der Waals surface area contributed by atoms with Crippen molar-refractivity contribution in [1.82, 2.24) is 15.5 Å². The molecule has 0 aromatic heterocycles. The number of guanidine groups is 1. The van der Waals surface area contributed by atoms with Crippen LogP contribution < -0.4 is 10.6 Å². The van der Waals surface area contributed by atoms with Crippen LogP contribution >= 0.6 is 0 Å². The van der Waals surface area contributed by atoms with Crippen molar-refractivity contribution < 1.29 is 4.74 Å². The summed E-state index contributed by atoms with van der Waals surface area (Å²) in [5.74, 6) is 1.88. The lowest BCUT2D eigenvalue weighted by molar-refractivity contribution is 0.0341. The molecular formula is C20H32N4O. The molecule has 2 N–H and O–H groups in total. The number of nitrogens with zero attached hydrogens (tertiary/aromatic N) is 2. The Hall–Kier alpha value is -1.59. The Morgan fingerprint density at radius 3 is 2.64 bits per heavy atom. The van der Waals surface area contributed by atoms with Crippen molar-refractivity contribution in [2.24, 2.45) is 10.9 Å². The van der Waals surface area contributed by atoms with Gasteiger partial charge < -0.3 is 15.4 Å². The van der Waals surface area contributed by atoms with Gasteiger partial charge in [-0.15, -0.1) is 0 Å². The fourth-order valence-corrected chi connectivity index (χ4v) is 3.17. The van der Waals surface area contributed by atoms with Crippen molar-refractivity contribution in [2.45, 2.75) is 39.3 Å². The van der Waals surface area contributed by atoms with Crippen molar-refractivity contribution in [2.75, 3.05) is 39.4 Å². The minimum absolute atomic E-state index is 0.722. The molecule has 1 aliphatic carbocycles. The second-order valence-electron chi connectivity index (χ2n) is 7.01. The van der Waals surface area contributed by atoms with Crippen LogP contribution in [0.3, 0.4) is 0 Å². The van der Waals surface area contributed by atoms with Gasteiger partial charge in [0.25, 0.3) is 0 Å². The summed E-state index contributed by atoms with van der Waals surface area (Å²) in [5, 5.41) is 6.83. The molecule has 1 saturated carbocycles. The van der Waals surface area contributed by atoms with E-state index in [1.165, 1.54) is 30.4 Å². The number of nitrogens with one attached hydrogen (secondary N) is 2. The van der Waals surface area contributed by atoms with Gasteiger partial charge in [0, 0.05) is 32.7 Å². The third-order valence-electron chi connectivity index (χ3n) is 4.91. The number of morpholine rings is 1. The van der Waals surface area contributed by atoms with Crippen molar-refractivity contribution in [1.29, 1.82) is 0 Å². The number of ether oxygens (including phenoxy) is 1. The van der Waals surface area contributed by atoms with Crippen LogP contribution in [-0.2, 0) is 17.8 Å². The maximum absolute atomic E-state index is 5.45. The number of rotatable bonds is 8. The van der Waals surface area contributed by atoms with E-state index in [-0.39, 0.29) is 0 Å². The summed E-state index contributed by atoms with van der Waals surface area (Å²) >= 11 is 0. The predicted octanol–water partition coefficient (Wildman–Crippen LogP) is 2.37. The Kier molecular flexibility index (Phi) is 7.12. The van der Waals surface area contributed by atoms with Crippen LogP contribution in [0.4, 0.5) is 0 Å². The average molecular weight is 345 g/mol. The van der Waals surface area contributed by atoms with Crippen LogP contribution in [0.15, 0.2) is 29.3 Å². The van der Waals surface area contributed by atoms with Gasteiger partial charge in [0.1, 0.15) is 0 Å². The highest BCUT2D eigenvalue weighted by Gasteiger charge is 2.20.